The Hall–Kier alpha value is -4.64. The number of hydrogen-bond acceptors (Lipinski definition) is 5. The van der Waals surface area contributed by atoms with Crippen LogP contribution in [0.1, 0.15) is 35.1 Å². The van der Waals surface area contributed by atoms with Gasteiger partial charge in [0.2, 0.25) is 5.91 Å². The molecule has 1 aliphatic heterocycles. The van der Waals surface area contributed by atoms with Crippen LogP contribution < -0.4 is 9.62 Å². The van der Waals surface area contributed by atoms with E-state index in [9.17, 15) is 31.2 Å². The number of nitrogens with zero attached hydrogens (tertiary/aromatic N) is 1. The van der Waals surface area contributed by atoms with Gasteiger partial charge in [0.25, 0.3) is 10.0 Å². The SMILES string of the molecule is COC(=O)CCCc1ccc(CNC(=O)[C@@H]2Cc3ccccc3N2S(=O)(=O)c2ccc(-c3cccc(C(F)(F)F)c3)cc2)cc1. The maximum absolute atomic E-state index is 14.0. The van der Waals surface area contributed by atoms with Gasteiger partial charge < -0.3 is 10.1 Å². The number of carbonyl (C=O) groups excluding carboxylic acids is 2. The molecule has 5 rings (SSSR count). The van der Waals surface area contributed by atoms with Gasteiger partial charge in [0.1, 0.15) is 6.04 Å². The third-order valence-electron chi connectivity index (χ3n) is 7.73. The van der Waals surface area contributed by atoms with E-state index in [0.29, 0.717) is 41.6 Å². The molecule has 45 heavy (non-hydrogen) atoms. The fraction of sp³-hybridized carbons (Fsp3) is 0.235. The highest BCUT2D eigenvalue weighted by molar-refractivity contribution is 7.93. The molecule has 0 fully saturated rings. The Morgan fingerprint density at radius 1 is 0.889 bits per heavy atom. The molecule has 0 saturated heterocycles. The van der Waals surface area contributed by atoms with Crippen LogP contribution >= 0.6 is 0 Å². The van der Waals surface area contributed by atoms with Gasteiger partial charge >= 0.3 is 12.1 Å². The third kappa shape index (κ3) is 7.20. The van der Waals surface area contributed by atoms with E-state index in [1.807, 2.05) is 24.3 Å². The van der Waals surface area contributed by atoms with Crippen LogP contribution in [-0.2, 0) is 49.9 Å². The summed E-state index contributed by atoms with van der Waals surface area (Å²) in [5.74, 6) is -0.718. The van der Waals surface area contributed by atoms with Crippen LogP contribution in [0.5, 0.6) is 0 Å². The number of hydrogen-bond donors (Lipinski definition) is 1. The van der Waals surface area contributed by atoms with E-state index in [4.69, 9.17) is 0 Å². The quantitative estimate of drug-likeness (QED) is 0.206. The largest absolute Gasteiger partial charge is 0.469 e. The number of ether oxygens (including phenoxy) is 1. The molecule has 0 saturated carbocycles. The number of nitrogens with one attached hydrogen (secondary N) is 1. The van der Waals surface area contributed by atoms with Crippen LogP contribution in [0.4, 0.5) is 18.9 Å². The lowest BCUT2D eigenvalue weighted by Crippen LogP contribution is -2.47. The Morgan fingerprint density at radius 2 is 1.58 bits per heavy atom. The van der Waals surface area contributed by atoms with Crippen molar-refractivity contribution in [1.82, 2.24) is 5.32 Å². The van der Waals surface area contributed by atoms with Crippen molar-refractivity contribution < 1.29 is 35.9 Å². The van der Waals surface area contributed by atoms with E-state index >= 15 is 0 Å². The molecule has 7 nitrogen and oxygen atoms in total. The lowest BCUT2D eigenvalue weighted by Gasteiger charge is -2.26. The van der Waals surface area contributed by atoms with Crippen molar-refractivity contribution in [1.29, 1.82) is 0 Å². The minimum Gasteiger partial charge on any atom is -0.469 e. The predicted octanol–water partition coefficient (Wildman–Crippen LogP) is 6.30. The van der Waals surface area contributed by atoms with Crippen LogP contribution in [0.2, 0.25) is 0 Å². The number of para-hydroxylation sites is 1. The van der Waals surface area contributed by atoms with Crippen LogP contribution in [0.15, 0.2) is 102 Å². The number of fused-ring (bicyclic) bond motifs is 1. The molecule has 4 aromatic rings. The molecule has 0 aliphatic carbocycles. The third-order valence-corrected chi connectivity index (χ3v) is 9.56. The molecule has 1 aliphatic rings. The van der Waals surface area contributed by atoms with Crippen molar-refractivity contribution in [2.75, 3.05) is 11.4 Å². The molecule has 1 N–H and O–H groups in total. The number of anilines is 1. The number of halogens is 3. The van der Waals surface area contributed by atoms with E-state index in [0.717, 1.165) is 27.6 Å². The smallest absolute Gasteiger partial charge is 0.416 e. The van der Waals surface area contributed by atoms with E-state index < -0.39 is 33.7 Å². The standard InChI is InChI=1S/C34H31F3N2O5S/c1-44-32(40)11-4-6-23-12-14-24(15-13-23)22-38-33(41)31-21-27-7-2-3-10-30(27)39(31)45(42,43)29-18-16-25(17-19-29)26-8-5-9-28(20-26)34(35,36)37/h2-3,5,7-10,12-20,31H,4,6,11,21-22H2,1H3,(H,38,41)/t31-/m0/s1. The number of aryl methyl sites for hydroxylation is 1. The molecule has 0 radical (unpaired) electrons. The van der Waals surface area contributed by atoms with Crippen LogP contribution in [-0.4, -0.2) is 33.4 Å². The molecule has 0 spiro atoms. The lowest BCUT2D eigenvalue weighted by atomic mass is 10.0. The summed E-state index contributed by atoms with van der Waals surface area (Å²) in [7, 11) is -2.87. The minimum absolute atomic E-state index is 0.0875. The van der Waals surface area contributed by atoms with Gasteiger partial charge in [-0.15, -0.1) is 0 Å². The van der Waals surface area contributed by atoms with Crippen molar-refractivity contribution in [3.8, 4) is 11.1 Å². The molecule has 1 heterocycles. The Kier molecular flexibility index (Phi) is 9.29. The Balaban J connectivity index is 1.31. The maximum Gasteiger partial charge on any atom is 0.416 e. The number of esters is 1. The first-order valence-electron chi connectivity index (χ1n) is 14.3. The number of benzene rings is 4. The monoisotopic (exact) mass is 636 g/mol. The molecule has 0 aromatic heterocycles. The topological polar surface area (TPSA) is 92.8 Å². The van der Waals surface area contributed by atoms with Crippen molar-refractivity contribution >= 4 is 27.6 Å². The summed E-state index contributed by atoms with van der Waals surface area (Å²) in [6, 6.07) is 23.9. The normalized spacial score (nSPS) is 14.6. The summed E-state index contributed by atoms with van der Waals surface area (Å²) in [6.07, 6.45) is -2.63. The van der Waals surface area contributed by atoms with Gasteiger partial charge in [0.15, 0.2) is 0 Å². The first-order valence-corrected chi connectivity index (χ1v) is 15.7. The first-order chi connectivity index (χ1) is 21.5. The number of sulfonamides is 1. The van der Waals surface area contributed by atoms with Crippen molar-refractivity contribution in [3.63, 3.8) is 0 Å². The fourth-order valence-electron chi connectivity index (χ4n) is 5.33. The minimum atomic E-state index is -4.51. The fourth-order valence-corrected chi connectivity index (χ4v) is 6.98. The van der Waals surface area contributed by atoms with Crippen LogP contribution in [0.25, 0.3) is 11.1 Å². The Bertz CT molecular complexity index is 1790. The van der Waals surface area contributed by atoms with Crippen molar-refractivity contribution in [2.45, 2.75) is 49.3 Å². The van der Waals surface area contributed by atoms with E-state index in [1.165, 1.54) is 43.5 Å². The Morgan fingerprint density at radius 3 is 2.27 bits per heavy atom. The molecule has 11 heteroatoms. The second-order valence-electron chi connectivity index (χ2n) is 10.7. The second kappa shape index (κ2) is 13.2. The number of carbonyl (C=O) groups is 2. The van der Waals surface area contributed by atoms with Crippen molar-refractivity contribution in [2.24, 2.45) is 0 Å². The average Bonchev–Trinajstić information content (AvgIpc) is 3.45. The summed E-state index contributed by atoms with van der Waals surface area (Å²) in [5, 5.41) is 2.86. The van der Waals surface area contributed by atoms with Crippen LogP contribution in [0, 0.1) is 0 Å². The number of rotatable bonds is 10. The van der Waals surface area contributed by atoms with Gasteiger partial charge in [0.05, 0.1) is 23.3 Å². The average molecular weight is 637 g/mol. The molecular weight excluding hydrogens is 605 g/mol. The van der Waals surface area contributed by atoms with Gasteiger partial charge in [-0.25, -0.2) is 8.42 Å². The zero-order valence-electron chi connectivity index (χ0n) is 24.4. The first kappa shape index (κ1) is 31.8. The predicted molar refractivity (Wildman–Crippen MR) is 164 cm³/mol. The molecule has 234 valence electrons. The van der Waals surface area contributed by atoms with E-state index in [1.54, 1.807) is 24.3 Å². The summed E-state index contributed by atoms with van der Waals surface area (Å²) in [4.78, 5) is 24.7. The number of alkyl halides is 3. The second-order valence-corrected chi connectivity index (χ2v) is 12.5. The molecular formula is C34H31F3N2O5S. The summed E-state index contributed by atoms with van der Waals surface area (Å²) >= 11 is 0. The van der Waals surface area contributed by atoms with Gasteiger partial charge in [-0.1, -0.05) is 66.7 Å². The molecule has 1 amide bonds. The number of amides is 1. The van der Waals surface area contributed by atoms with Gasteiger partial charge in [-0.3, -0.25) is 13.9 Å². The summed E-state index contributed by atoms with van der Waals surface area (Å²) in [5.41, 5.74) is 2.89. The zero-order chi connectivity index (χ0) is 32.2. The maximum atomic E-state index is 14.0. The van der Waals surface area contributed by atoms with E-state index in [-0.39, 0.29) is 23.8 Å². The molecule has 0 unspecified atom stereocenters. The lowest BCUT2D eigenvalue weighted by molar-refractivity contribution is -0.140. The van der Waals surface area contributed by atoms with Gasteiger partial charge in [-0.05, 0) is 71.0 Å². The van der Waals surface area contributed by atoms with Crippen LogP contribution in [0.3, 0.4) is 0 Å². The molecule has 4 aromatic carbocycles. The summed E-state index contributed by atoms with van der Waals surface area (Å²) < 4.78 is 73.4. The highest BCUT2D eigenvalue weighted by Gasteiger charge is 2.42. The highest BCUT2D eigenvalue weighted by Crippen LogP contribution is 2.38. The van der Waals surface area contributed by atoms with Gasteiger partial charge in [-0.2, -0.15) is 13.2 Å². The summed E-state index contributed by atoms with van der Waals surface area (Å²) in [6.45, 7) is 0.188. The van der Waals surface area contributed by atoms with Crippen molar-refractivity contribution in [3.05, 3.63) is 119 Å². The zero-order valence-corrected chi connectivity index (χ0v) is 25.2. The number of methoxy groups -OCH3 is 1. The highest BCUT2D eigenvalue weighted by atomic mass is 32.2. The van der Waals surface area contributed by atoms with E-state index in [2.05, 4.69) is 10.1 Å². The molecule has 0 bridgehead atoms. The Labute approximate surface area is 259 Å². The molecule has 1 atom stereocenters. The van der Waals surface area contributed by atoms with Gasteiger partial charge in [0, 0.05) is 19.4 Å².